The molecule has 2 rings (SSSR count). The molecule has 12 heavy (non-hydrogen) atoms. The summed E-state index contributed by atoms with van der Waals surface area (Å²) in [6.07, 6.45) is 2.54. The van der Waals surface area contributed by atoms with Gasteiger partial charge in [-0.25, -0.2) is 0 Å². The van der Waals surface area contributed by atoms with Crippen LogP contribution in [0.1, 0.15) is 26.7 Å². The first kappa shape index (κ1) is 8.52. The highest BCUT2D eigenvalue weighted by Gasteiger charge is 2.50. The molecule has 1 aliphatic heterocycles. The topological polar surface area (TPSA) is 29.3 Å². The van der Waals surface area contributed by atoms with Gasteiger partial charge in [0.05, 0.1) is 0 Å². The van der Waals surface area contributed by atoms with Crippen LogP contribution in [0.3, 0.4) is 0 Å². The van der Waals surface area contributed by atoms with Crippen molar-refractivity contribution in [2.45, 2.75) is 32.2 Å². The van der Waals surface area contributed by atoms with Gasteiger partial charge >= 0.3 is 0 Å². The number of nitrogens with zero attached hydrogens (tertiary/aromatic N) is 1. The monoisotopic (exact) mass is 168 g/mol. The van der Waals surface area contributed by atoms with Crippen LogP contribution in [0.15, 0.2) is 0 Å². The molecule has 0 radical (unpaired) electrons. The lowest BCUT2D eigenvalue weighted by Crippen LogP contribution is -2.56. The Hall–Kier alpha value is -0.0800. The minimum Gasteiger partial charge on any atom is -0.325 e. The van der Waals surface area contributed by atoms with Crippen molar-refractivity contribution in [2.75, 3.05) is 19.6 Å². The SMILES string of the molecule is CC(C)CN1CC(C2(N)CC2)C1. The zero-order valence-electron chi connectivity index (χ0n) is 8.21. The third kappa shape index (κ3) is 1.50. The summed E-state index contributed by atoms with van der Waals surface area (Å²) >= 11 is 0. The highest BCUT2D eigenvalue weighted by molar-refractivity contribution is 5.08. The van der Waals surface area contributed by atoms with Crippen LogP contribution in [-0.2, 0) is 0 Å². The summed E-state index contributed by atoms with van der Waals surface area (Å²) in [5.74, 6) is 1.62. The zero-order valence-corrected chi connectivity index (χ0v) is 8.21. The van der Waals surface area contributed by atoms with Gasteiger partial charge in [-0.2, -0.15) is 0 Å². The summed E-state index contributed by atoms with van der Waals surface area (Å²) in [6, 6.07) is 0. The van der Waals surface area contributed by atoms with E-state index in [2.05, 4.69) is 18.7 Å². The maximum Gasteiger partial charge on any atom is 0.0208 e. The summed E-state index contributed by atoms with van der Waals surface area (Å²) in [7, 11) is 0. The lowest BCUT2D eigenvalue weighted by atomic mass is 9.89. The quantitative estimate of drug-likeness (QED) is 0.683. The molecule has 1 saturated carbocycles. The Morgan fingerprint density at radius 3 is 2.42 bits per heavy atom. The van der Waals surface area contributed by atoms with Crippen molar-refractivity contribution < 1.29 is 0 Å². The van der Waals surface area contributed by atoms with E-state index in [1.54, 1.807) is 0 Å². The molecule has 0 aromatic carbocycles. The van der Waals surface area contributed by atoms with Crippen LogP contribution in [0.5, 0.6) is 0 Å². The van der Waals surface area contributed by atoms with Gasteiger partial charge in [-0.3, -0.25) is 0 Å². The second-order valence-corrected chi connectivity index (χ2v) is 5.04. The molecule has 1 saturated heterocycles. The van der Waals surface area contributed by atoms with E-state index in [0.29, 0.717) is 0 Å². The van der Waals surface area contributed by atoms with Crippen LogP contribution in [0, 0.1) is 11.8 Å². The molecule has 2 N–H and O–H groups in total. The number of hydrogen-bond acceptors (Lipinski definition) is 2. The maximum absolute atomic E-state index is 6.12. The van der Waals surface area contributed by atoms with E-state index in [1.165, 1.54) is 32.5 Å². The van der Waals surface area contributed by atoms with E-state index in [-0.39, 0.29) is 5.54 Å². The molecular formula is C10H20N2. The lowest BCUT2D eigenvalue weighted by Gasteiger charge is -2.43. The fraction of sp³-hybridized carbons (Fsp3) is 1.00. The molecule has 2 heteroatoms. The van der Waals surface area contributed by atoms with Gasteiger partial charge < -0.3 is 10.6 Å². The first-order chi connectivity index (χ1) is 5.60. The predicted octanol–water partition coefficient (Wildman–Crippen LogP) is 1.07. The second kappa shape index (κ2) is 2.71. The molecule has 70 valence electrons. The van der Waals surface area contributed by atoms with Gasteiger partial charge in [0.1, 0.15) is 0 Å². The first-order valence-corrected chi connectivity index (χ1v) is 5.11. The van der Waals surface area contributed by atoms with Gasteiger partial charge in [0.25, 0.3) is 0 Å². The van der Waals surface area contributed by atoms with E-state index in [4.69, 9.17) is 5.73 Å². The molecule has 0 unspecified atom stereocenters. The molecule has 1 heterocycles. The van der Waals surface area contributed by atoms with E-state index in [1.807, 2.05) is 0 Å². The number of rotatable bonds is 3. The minimum absolute atomic E-state index is 0.271. The fourth-order valence-electron chi connectivity index (χ4n) is 2.15. The van der Waals surface area contributed by atoms with Crippen molar-refractivity contribution in [1.29, 1.82) is 0 Å². The van der Waals surface area contributed by atoms with Gasteiger partial charge in [0.15, 0.2) is 0 Å². The van der Waals surface area contributed by atoms with E-state index >= 15 is 0 Å². The molecule has 1 aliphatic carbocycles. The van der Waals surface area contributed by atoms with Gasteiger partial charge in [-0.15, -0.1) is 0 Å². The molecule has 0 aromatic rings. The Balaban J connectivity index is 1.70. The Labute approximate surface area is 75.1 Å². The Bertz CT molecular complexity index is 167. The van der Waals surface area contributed by atoms with Crippen molar-refractivity contribution in [2.24, 2.45) is 17.6 Å². The Morgan fingerprint density at radius 2 is 2.00 bits per heavy atom. The smallest absolute Gasteiger partial charge is 0.0208 e. The van der Waals surface area contributed by atoms with E-state index in [9.17, 15) is 0 Å². The third-order valence-corrected chi connectivity index (χ3v) is 3.22. The summed E-state index contributed by atoms with van der Waals surface area (Å²) in [5.41, 5.74) is 6.39. The number of hydrogen-bond donors (Lipinski definition) is 1. The van der Waals surface area contributed by atoms with Crippen molar-refractivity contribution >= 4 is 0 Å². The molecule has 0 aromatic heterocycles. The molecule has 2 fully saturated rings. The molecule has 2 aliphatic rings. The van der Waals surface area contributed by atoms with Crippen molar-refractivity contribution in [3.63, 3.8) is 0 Å². The Kier molecular flexibility index (Phi) is 1.92. The van der Waals surface area contributed by atoms with Crippen LogP contribution in [0.25, 0.3) is 0 Å². The lowest BCUT2D eigenvalue weighted by molar-refractivity contribution is 0.0637. The molecule has 0 atom stereocenters. The summed E-state index contributed by atoms with van der Waals surface area (Å²) in [4.78, 5) is 2.53. The molecule has 0 spiro atoms. The minimum atomic E-state index is 0.271. The summed E-state index contributed by atoms with van der Waals surface area (Å²) < 4.78 is 0. The molecule has 2 nitrogen and oxygen atoms in total. The van der Waals surface area contributed by atoms with Crippen molar-refractivity contribution in [3.8, 4) is 0 Å². The highest BCUT2D eigenvalue weighted by atomic mass is 15.2. The standard InChI is InChI=1S/C10H20N2/c1-8(2)5-12-6-9(7-12)10(11)3-4-10/h8-9H,3-7,11H2,1-2H3. The van der Waals surface area contributed by atoms with Crippen molar-refractivity contribution in [3.05, 3.63) is 0 Å². The van der Waals surface area contributed by atoms with Gasteiger partial charge in [-0.1, -0.05) is 13.8 Å². The maximum atomic E-state index is 6.12. The van der Waals surface area contributed by atoms with Crippen molar-refractivity contribution in [1.82, 2.24) is 4.90 Å². The molecular weight excluding hydrogens is 148 g/mol. The average molecular weight is 168 g/mol. The van der Waals surface area contributed by atoms with Crippen LogP contribution in [0.2, 0.25) is 0 Å². The second-order valence-electron chi connectivity index (χ2n) is 5.04. The Morgan fingerprint density at radius 1 is 1.42 bits per heavy atom. The fourth-order valence-corrected chi connectivity index (χ4v) is 2.15. The van der Waals surface area contributed by atoms with E-state index in [0.717, 1.165) is 11.8 Å². The van der Waals surface area contributed by atoms with E-state index < -0.39 is 0 Å². The average Bonchev–Trinajstić information content (AvgIpc) is 2.58. The summed E-state index contributed by atoms with van der Waals surface area (Å²) in [5, 5.41) is 0. The largest absolute Gasteiger partial charge is 0.325 e. The number of nitrogens with two attached hydrogens (primary N) is 1. The predicted molar refractivity (Wildman–Crippen MR) is 50.9 cm³/mol. The van der Waals surface area contributed by atoms with Crippen LogP contribution in [0.4, 0.5) is 0 Å². The zero-order chi connectivity index (χ0) is 8.77. The molecule has 0 bridgehead atoms. The molecule has 0 amide bonds. The number of likely N-dealkylation sites (tertiary alicyclic amines) is 1. The van der Waals surface area contributed by atoms with Gasteiger partial charge in [-0.05, 0) is 18.8 Å². The van der Waals surface area contributed by atoms with Crippen LogP contribution >= 0.6 is 0 Å². The van der Waals surface area contributed by atoms with Crippen LogP contribution < -0.4 is 5.73 Å². The van der Waals surface area contributed by atoms with Gasteiger partial charge in [0.2, 0.25) is 0 Å². The summed E-state index contributed by atoms with van der Waals surface area (Å²) in [6.45, 7) is 8.33. The third-order valence-electron chi connectivity index (χ3n) is 3.22. The normalized spacial score (nSPS) is 29.0. The van der Waals surface area contributed by atoms with Crippen LogP contribution in [-0.4, -0.2) is 30.1 Å². The highest BCUT2D eigenvalue weighted by Crippen LogP contribution is 2.43. The first-order valence-electron chi connectivity index (χ1n) is 5.11. The van der Waals surface area contributed by atoms with Gasteiger partial charge in [0, 0.05) is 31.1 Å².